The summed E-state index contributed by atoms with van der Waals surface area (Å²) in [6.45, 7) is 16.3. The molecule has 1 aliphatic rings. The Balaban J connectivity index is 0.00000625. The summed E-state index contributed by atoms with van der Waals surface area (Å²) in [7, 11) is 0. The second-order valence-electron chi connectivity index (χ2n) is 19.2. The number of aromatic nitrogens is 2. The van der Waals surface area contributed by atoms with Crippen LogP contribution in [0.3, 0.4) is 0 Å². The maximum absolute atomic E-state index is 8.58. The van der Waals surface area contributed by atoms with Crippen LogP contribution in [0, 0.1) is 32.5 Å². The molecule has 0 fully saturated rings. The number of hydrogen-bond donors (Lipinski definition) is 0. The number of pyridine rings is 1. The van der Waals surface area contributed by atoms with Gasteiger partial charge >= 0.3 is 0 Å². The number of anilines is 4. The van der Waals surface area contributed by atoms with Gasteiger partial charge in [-0.15, -0.1) is 48.1 Å². The van der Waals surface area contributed by atoms with Crippen LogP contribution in [0.25, 0.3) is 38.8 Å². The first-order valence-corrected chi connectivity index (χ1v) is 20.9. The number of rotatable bonds is 6. The number of ether oxygens (including phenoxy) is 1. The normalized spacial score (nSPS) is 15.0. The molecule has 62 heavy (non-hydrogen) atoms. The fraction of sp³-hybridized carbons (Fsp3) is 0.250. The van der Waals surface area contributed by atoms with Crippen molar-refractivity contribution >= 4 is 44.6 Å². The van der Waals surface area contributed by atoms with E-state index in [0.29, 0.717) is 34.0 Å². The van der Waals surface area contributed by atoms with Gasteiger partial charge in [0.2, 0.25) is 0 Å². The Morgan fingerprint density at radius 1 is 0.597 bits per heavy atom. The molecule has 0 aliphatic carbocycles. The van der Waals surface area contributed by atoms with Crippen LogP contribution in [-0.4, -0.2) is 9.55 Å². The zero-order valence-corrected chi connectivity index (χ0v) is 39.0. The van der Waals surface area contributed by atoms with Crippen molar-refractivity contribution in [3.05, 3.63) is 174 Å². The van der Waals surface area contributed by atoms with Gasteiger partial charge in [0.15, 0.2) is 0 Å². The van der Waals surface area contributed by atoms with Crippen LogP contribution in [0.2, 0.25) is 0 Å². The van der Waals surface area contributed by atoms with Crippen molar-refractivity contribution in [1.29, 1.82) is 0 Å². The third-order valence-electron chi connectivity index (χ3n) is 11.6. The first-order valence-electron chi connectivity index (χ1n) is 23.9. The van der Waals surface area contributed by atoms with E-state index in [9.17, 15) is 0 Å². The van der Waals surface area contributed by atoms with Crippen LogP contribution in [0.1, 0.15) is 98.4 Å². The number of benzene rings is 6. The van der Waals surface area contributed by atoms with Crippen LogP contribution in [0.5, 0.6) is 11.5 Å². The molecule has 6 aromatic carbocycles. The summed E-state index contributed by atoms with van der Waals surface area (Å²) in [5.41, 5.74) is 8.66. The van der Waals surface area contributed by atoms with E-state index in [-0.39, 0.29) is 48.6 Å². The van der Waals surface area contributed by atoms with Gasteiger partial charge in [-0.1, -0.05) is 116 Å². The van der Waals surface area contributed by atoms with Gasteiger partial charge < -0.3 is 19.1 Å². The van der Waals surface area contributed by atoms with Crippen molar-refractivity contribution in [1.82, 2.24) is 9.55 Å². The van der Waals surface area contributed by atoms with Crippen LogP contribution in [0.15, 0.2) is 128 Å². The average molecular weight is 1000 g/mol. The SMILES string of the molecule is [2H]C([2H])([2H])c1cc(C(C)(C)C)cc(C([2H])([2H])[2H])c1-c1ccnc(-n2c3[c-]c(Oc4[c-]c(N5[CH-]N(c6cc(C(C)(C)C)cc(C(C)(C)C)c6)c6ccccc65)ccc4)ccc3c3ccccc32)c1.[Pt]. The third kappa shape index (κ3) is 7.97. The molecule has 0 atom stereocenters. The second kappa shape index (κ2) is 15.9. The summed E-state index contributed by atoms with van der Waals surface area (Å²) in [5.74, 6) is 1.42. The molecule has 6 heteroatoms. The predicted molar refractivity (Wildman–Crippen MR) is 255 cm³/mol. The topological polar surface area (TPSA) is 33.5 Å². The number of aryl methyl sites for hydroxylation is 2. The maximum atomic E-state index is 8.58. The Labute approximate surface area is 391 Å². The van der Waals surface area contributed by atoms with E-state index >= 15 is 0 Å². The summed E-state index contributed by atoms with van der Waals surface area (Å²) in [4.78, 5) is 9.19. The summed E-state index contributed by atoms with van der Waals surface area (Å²) in [5, 5.41) is 1.86. The number of nitrogens with zero attached hydrogens (tertiary/aromatic N) is 4. The molecule has 2 aromatic heterocycles. The minimum absolute atomic E-state index is 0. The quantitative estimate of drug-likeness (QED) is 0.155. The van der Waals surface area contributed by atoms with Crippen LogP contribution in [0.4, 0.5) is 22.7 Å². The van der Waals surface area contributed by atoms with Crippen molar-refractivity contribution in [2.45, 2.75) is 92.3 Å². The fourth-order valence-corrected chi connectivity index (χ4v) is 8.13. The zero-order valence-electron chi connectivity index (χ0n) is 42.7. The molecule has 0 saturated heterocycles. The van der Waals surface area contributed by atoms with Crippen LogP contribution >= 0.6 is 0 Å². The monoisotopic (exact) mass is 1000 g/mol. The molecule has 0 spiro atoms. The molecule has 0 amide bonds. The first-order chi connectivity index (χ1) is 31.4. The molecule has 8 aromatic rings. The van der Waals surface area contributed by atoms with Crippen molar-refractivity contribution in [2.24, 2.45) is 0 Å². The number of hydrogen-bond acceptors (Lipinski definition) is 4. The molecular weight excluding hydrogens is 940 g/mol. The average Bonchev–Trinajstić information content (AvgIpc) is 3.81. The molecule has 3 heterocycles. The largest absolute Gasteiger partial charge is 0.509 e. The standard InChI is InChI=1S/C56H55N4O.Pt/c1-36-27-39(54(3,4)5)28-37(2)53(36)38-25-26-57-52(29-38)60-48-20-13-12-19-46(48)47-24-23-45(34-51(47)60)61-44-18-16-17-42(33-44)58-35-59(50-22-15-14-21-49(50)58)43-31-40(55(6,7)8)30-41(32-43)56(9,10)11;/h12-32,35H,1-11H3;/q-3;/i1D3,2D3;. The first kappa shape index (κ1) is 35.9. The van der Waals surface area contributed by atoms with Crippen LogP contribution in [-0.2, 0) is 37.3 Å². The molecular formula is C56H55N4OPt-3. The molecule has 1 aliphatic heterocycles. The van der Waals surface area contributed by atoms with E-state index in [1.54, 1.807) is 30.5 Å². The number of fused-ring (bicyclic) bond motifs is 4. The van der Waals surface area contributed by atoms with Gasteiger partial charge in [0.25, 0.3) is 0 Å². The Morgan fingerprint density at radius 3 is 1.87 bits per heavy atom. The minimum Gasteiger partial charge on any atom is -0.509 e. The molecule has 0 unspecified atom stereocenters. The van der Waals surface area contributed by atoms with Crippen LogP contribution < -0.4 is 14.5 Å². The Morgan fingerprint density at radius 2 is 1.21 bits per heavy atom. The minimum atomic E-state index is -2.59. The van der Waals surface area contributed by atoms with Crippen molar-refractivity contribution < 1.29 is 34.0 Å². The van der Waals surface area contributed by atoms with Gasteiger partial charge in [0.1, 0.15) is 5.82 Å². The fourth-order valence-electron chi connectivity index (χ4n) is 8.13. The summed E-state index contributed by atoms with van der Waals surface area (Å²) < 4.78 is 60.0. The van der Waals surface area contributed by atoms with Gasteiger partial charge in [0.05, 0.1) is 0 Å². The van der Waals surface area contributed by atoms with E-state index in [1.165, 1.54) is 11.1 Å². The molecule has 318 valence electrons. The summed E-state index contributed by atoms with van der Waals surface area (Å²) >= 11 is 0. The zero-order chi connectivity index (χ0) is 48.0. The van der Waals surface area contributed by atoms with E-state index in [2.05, 4.69) is 107 Å². The van der Waals surface area contributed by atoms with E-state index in [0.717, 1.165) is 39.0 Å². The molecule has 0 radical (unpaired) electrons. The van der Waals surface area contributed by atoms with E-state index in [4.69, 9.17) is 17.9 Å². The Hall–Kier alpha value is -5.64. The van der Waals surface area contributed by atoms with E-state index < -0.39 is 19.1 Å². The molecule has 0 N–H and O–H groups in total. The molecule has 0 bridgehead atoms. The Bertz CT molecular complexity index is 3140. The predicted octanol–water partition coefficient (Wildman–Crippen LogP) is 15.2. The maximum Gasteiger partial charge on any atom is 0.136 e. The van der Waals surface area contributed by atoms with Gasteiger partial charge in [-0.25, -0.2) is 4.98 Å². The van der Waals surface area contributed by atoms with Crippen molar-refractivity contribution in [2.75, 3.05) is 9.80 Å². The van der Waals surface area contributed by atoms with Crippen molar-refractivity contribution in [3.63, 3.8) is 0 Å². The molecule has 5 nitrogen and oxygen atoms in total. The van der Waals surface area contributed by atoms with Gasteiger partial charge in [-0.05, 0) is 117 Å². The molecule has 0 saturated carbocycles. The van der Waals surface area contributed by atoms with Gasteiger partial charge in [-0.2, -0.15) is 12.1 Å². The second-order valence-corrected chi connectivity index (χ2v) is 19.2. The number of para-hydroxylation sites is 3. The Kier molecular flexibility index (Phi) is 9.22. The van der Waals surface area contributed by atoms with Gasteiger partial charge in [0, 0.05) is 69.6 Å². The van der Waals surface area contributed by atoms with Crippen molar-refractivity contribution in [3.8, 4) is 28.4 Å². The summed E-state index contributed by atoms with van der Waals surface area (Å²) in [6, 6.07) is 46.7. The van der Waals surface area contributed by atoms with Gasteiger partial charge in [-0.3, -0.25) is 0 Å². The third-order valence-corrected chi connectivity index (χ3v) is 11.6. The smallest absolute Gasteiger partial charge is 0.136 e. The summed E-state index contributed by atoms with van der Waals surface area (Å²) in [6.07, 6.45) is 1.59. The molecule has 9 rings (SSSR count). The van der Waals surface area contributed by atoms with E-state index in [1.807, 2.05) is 86.0 Å².